The first-order valence-electron chi connectivity index (χ1n) is 24.5. The second-order valence-electron chi connectivity index (χ2n) is 22.0. The van der Waals surface area contributed by atoms with Crippen LogP contribution in [0.3, 0.4) is 0 Å². The van der Waals surface area contributed by atoms with Crippen LogP contribution in [0, 0.1) is 11.8 Å². The summed E-state index contributed by atoms with van der Waals surface area (Å²) in [5.41, 5.74) is 3.25. The maximum Gasteiger partial charge on any atom is 0.192 e. The normalized spacial score (nSPS) is 28.1. The van der Waals surface area contributed by atoms with E-state index in [0.29, 0.717) is 37.6 Å². The molecule has 0 aliphatic carbocycles. The lowest BCUT2D eigenvalue weighted by Gasteiger charge is -2.42. The molecule has 0 radical (unpaired) electrons. The Morgan fingerprint density at radius 3 is 1.98 bits per heavy atom. The zero-order chi connectivity index (χ0) is 47.8. The van der Waals surface area contributed by atoms with Gasteiger partial charge in [-0.2, -0.15) is 0 Å². The van der Waals surface area contributed by atoms with Gasteiger partial charge in [0.1, 0.15) is 0 Å². The van der Waals surface area contributed by atoms with Crippen molar-refractivity contribution in [3.05, 3.63) is 54.1 Å². The molecular formula is C51H90O10SSi2. The molecule has 0 spiro atoms. The average Bonchev–Trinajstić information content (AvgIpc) is 3.72. The minimum atomic E-state index is -3.71. The van der Waals surface area contributed by atoms with Gasteiger partial charge in [0.25, 0.3) is 0 Å². The van der Waals surface area contributed by atoms with Gasteiger partial charge in [0.15, 0.2) is 32.8 Å². The van der Waals surface area contributed by atoms with Crippen LogP contribution < -0.4 is 0 Å². The number of hydrogen-bond donors (Lipinski definition) is 0. The molecular weight excluding hydrogens is 861 g/mol. The van der Waals surface area contributed by atoms with Gasteiger partial charge in [0.05, 0.1) is 66.1 Å². The van der Waals surface area contributed by atoms with Crippen molar-refractivity contribution in [3.8, 4) is 0 Å². The third kappa shape index (κ3) is 14.9. The second-order valence-corrected chi connectivity index (χ2v) is 33.6. The molecule has 0 bridgehead atoms. The number of rotatable bonds is 24. The van der Waals surface area contributed by atoms with E-state index >= 15 is 0 Å². The van der Waals surface area contributed by atoms with E-state index in [1.807, 2.05) is 26.0 Å². The van der Waals surface area contributed by atoms with Crippen molar-refractivity contribution >= 4 is 26.5 Å². The van der Waals surface area contributed by atoms with Crippen molar-refractivity contribution in [1.29, 1.82) is 0 Å². The van der Waals surface area contributed by atoms with Crippen LogP contribution in [0.25, 0.3) is 0 Å². The first kappa shape index (κ1) is 55.4. The highest BCUT2D eigenvalue weighted by molar-refractivity contribution is 7.91. The van der Waals surface area contributed by atoms with Gasteiger partial charge in [-0.15, -0.1) is 0 Å². The molecule has 0 aromatic heterocycles. The number of ether oxygens (including phenoxy) is 6. The highest BCUT2D eigenvalue weighted by Gasteiger charge is 2.50. The number of benzene rings is 1. The molecule has 3 fully saturated rings. The Labute approximate surface area is 392 Å². The zero-order valence-electron chi connectivity index (χ0n) is 42.8. The number of sulfone groups is 1. The molecule has 13 heteroatoms. The third-order valence-corrected chi connectivity index (χ3v) is 26.0. The van der Waals surface area contributed by atoms with Crippen molar-refractivity contribution in [2.45, 2.75) is 223 Å². The number of aryl methyl sites for hydroxylation is 1. The van der Waals surface area contributed by atoms with Crippen molar-refractivity contribution < 1.29 is 45.7 Å². The van der Waals surface area contributed by atoms with Gasteiger partial charge >= 0.3 is 0 Å². The van der Waals surface area contributed by atoms with Gasteiger partial charge in [-0.25, -0.2) is 8.42 Å². The molecule has 4 rings (SSSR count). The maximum atomic E-state index is 14.4. The average molecular weight is 952 g/mol. The molecule has 0 N–H and O–H groups in total. The Hall–Kier alpha value is -1.24. The molecule has 3 aliphatic rings. The van der Waals surface area contributed by atoms with Crippen LogP contribution in [0.1, 0.15) is 126 Å². The van der Waals surface area contributed by atoms with Gasteiger partial charge in [-0.05, 0) is 123 Å². The highest BCUT2D eigenvalue weighted by atomic mass is 32.2. The predicted octanol–water partition coefficient (Wildman–Crippen LogP) is 11.6. The second kappa shape index (κ2) is 23.4. The van der Waals surface area contributed by atoms with Crippen LogP contribution >= 0.6 is 0 Å². The van der Waals surface area contributed by atoms with E-state index in [0.717, 1.165) is 61.7 Å². The molecule has 3 aliphatic heterocycles. The van der Waals surface area contributed by atoms with Gasteiger partial charge < -0.3 is 37.3 Å². The molecule has 10 atom stereocenters. The lowest BCUT2D eigenvalue weighted by atomic mass is 9.83. The van der Waals surface area contributed by atoms with Gasteiger partial charge in [-0.3, -0.25) is 0 Å². The third-order valence-electron chi connectivity index (χ3n) is 15.1. The summed E-state index contributed by atoms with van der Waals surface area (Å²) in [6, 6.07) is 7.29. The Bertz CT molecular complexity index is 1730. The summed E-state index contributed by atoms with van der Waals surface area (Å²) in [5.74, 6) is -0.337. The molecule has 0 amide bonds. The standard InChI is InChI=1S/C51H90O10SSi2/c1-18-38-21-25-42(26-22-38)62(52,53)34-43-46(60-47(49(43)54-13)31-41(61-64(16,17)51(10,11)12)33-57-63(14,15)50(7,8)9)32-45-37(6)35(4)29-39(59-45)23-27-44-36(5)30-40(58-44)24-28-48(55-19-2)56-20-3/h21-22,25-26,35,39-41,43-49H,5-6,18-20,23-24,27-34H2,1-4,7-17H3/t35-,39+,40+,41?,43+,44+,45-,46+,47-,49-/m1/s1. The van der Waals surface area contributed by atoms with Crippen LogP contribution in [0.5, 0.6) is 0 Å². The molecule has 0 saturated carbocycles. The zero-order valence-corrected chi connectivity index (χ0v) is 45.6. The minimum Gasteiger partial charge on any atom is -0.414 e. The van der Waals surface area contributed by atoms with E-state index in [-0.39, 0.29) is 58.6 Å². The van der Waals surface area contributed by atoms with Crippen LogP contribution in [-0.4, -0.2) is 113 Å². The van der Waals surface area contributed by atoms with Crippen molar-refractivity contribution in [2.24, 2.45) is 11.8 Å². The summed E-state index contributed by atoms with van der Waals surface area (Å²) in [4.78, 5) is 0.317. The molecule has 1 aromatic rings. The smallest absolute Gasteiger partial charge is 0.192 e. The minimum absolute atomic E-state index is 0.00854. The topological polar surface area (TPSA) is 108 Å². The van der Waals surface area contributed by atoms with Gasteiger partial charge in [0, 0.05) is 45.5 Å². The monoisotopic (exact) mass is 951 g/mol. The van der Waals surface area contributed by atoms with Gasteiger partial charge in [-0.1, -0.05) is 80.7 Å². The Balaban J connectivity index is 1.57. The lowest BCUT2D eigenvalue weighted by Crippen LogP contribution is -2.49. The first-order valence-corrected chi connectivity index (χ1v) is 31.9. The fraction of sp³-hybridized carbons (Fsp3) is 0.804. The molecule has 1 aromatic carbocycles. The van der Waals surface area contributed by atoms with Crippen LogP contribution in [0.2, 0.25) is 36.3 Å². The molecule has 3 heterocycles. The largest absolute Gasteiger partial charge is 0.414 e. The number of methoxy groups -OCH3 is 1. The SMILES string of the molecule is C=C1C[C@H](CCC(OCC)OCC)O[C@H]1CC[C@H]1C[C@@H](C)C(=C)[C@@H](C[C@@H]2O[C@H](CC(CO[Si](C)(C)C(C)(C)C)O[Si](C)(C)C(C)(C)C)[C@H](OC)[C@H]2CS(=O)(=O)c2ccc(CC)cc2)O1. The lowest BCUT2D eigenvalue weighted by molar-refractivity contribution is -0.144. The van der Waals surface area contributed by atoms with E-state index in [9.17, 15) is 8.42 Å². The van der Waals surface area contributed by atoms with Crippen LogP contribution in [-0.2, 0) is 53.5 Å². The van der Waals surface area contributed by atoms with Gasteiger partial charge in [0.2, 0.25) is 0 Å². The summed E-state index contributed by atoms with van der Waals surface area (Å²) in [5, 5.41) is 0.0104. The summed E-state index contributed by atoms with van der Waals surface area (Å²) in [6.45, 7) is 41.5. The molecule has 1 unspecified atom stereocenters. The van der Waals surface area contributed by atoms with E-state index in [1.54, 1.807) is 19.2 Å². The Morgan fingerprint density at radius 1 is 0.812 bits per heavy atom. The van der Waals surface area contributed by atoms with Crippen molar-refractivity contribution in [2.75, 3.05) is 32.7 Å². The molecule has 64 heavy (non-hydrogen) atoms. The fourth-order valence-electron chi connectivity index (χ4n) is 8.97. The summed E-state index contributed by atoms with van der Waals surface area (Å²) in [7, 11) is -6.41. The molecule has 3 saturated heterocycles. The molecule has 368 valence electrons. The predicted molar refractivity (Wildman–Crippen MR) is 265 cm³/mol. The summed E-state index contributed by atoms with van der Waals surface area (Å²) < 4.78 is 81.2. The summed E-state index contributed by atoms with van der Waals surface area (Å²) in [6.07, 6.45) is 4.76. The maximum absolute atomic E-state index is 14.4. The van der Waals surface area contributed by atoms with E-state index in [1.165, 1.54) is 0 Å². The van der Waals surface area contributed by atoms with Crippen molar-refractivity contribution in [1.82, 2.24) is 0 Å². The van der Waals surface area contributed by atoms with E-state index < -0.39 is 50.7 Å². The van der Waals surface area contributed by atoms with E-state index in [4.69, 9.17) is 37.3 Å². The Kier molecular flexibility index (Phi) is 20.2. The highest BCUT2D eigenvalue weighted by Crippen LogP contribution is 2.44. The van der Waals surface area contributed by atoms with Crippen molar-refractivity contribution in [3.63, 3.8) is 0 Å². The summed E-state index contributed by atoms with van der Waals surface area (Å²) >= 11 is 0. The molecule has 10 nitrogen and oxygen atoms in total. The first-order chi connectivity index (χ1) is 29.7. The quantitative estimate of drug-likeness (QED) is 0.0565. The van der Waals surface area contributed by atoms with Crippen LogP contribution in [0.15, 0.2) is 53.5 Å². The number of hydrogen-bond acceptors (Lipinski definition) is 10. The van der Waals surface area contributed by atoms with E-state index in [2.05, 4.69) is 94.7 Å². The van der Waals surface area contributed by atoms with Crippen LogP contribution in [0.4, 0.5) is 0 Å². The fourth-order valence-corrected chi connectivity index (χ4v) is 13.0. The Morgan fingerprint density at radius 2 is 1.42 bits per heavy atom.